The number of piperidine rings is 1. The zero-order valence-corrected chi connectivity index (χ0v) is 18.1. The van der Waals surface area contributed by atoms with Crippen LogP contribution >= 0.6 is 11.3 Å². The third-order valence-corrected chi connectivity index (χ3v) is 8.58. The second-order valence-corrected chi connectivity index (χ2v) is 10.7. The van der Waals surface area contributed by atoms with Gasteiger partial charge in [-0.3, -0.25) is 0 Å². The van der Waals surface area contributed by atoms with E-state index in [2.05, 4.69) is 9.88 Å². The van der Waals surface area contributed by atoms with Gasteiger partial charge in [-0.2, -0.15) is 0 Å². The van der Waals surface area contributed by atoms with Crippen LogP contribution in [0.25, 0.3) is 0 Å². The molecule has 0 atom stereocenters. The van der Waals surface area contributed by atoms with Gasteiger partial charge in [-0.15, -0.1) is 11.3 Å². The molecule has 1 aliphatic rings. The van der Waals surface area contributed by atoms with Gasteiger partial charge in [0.05, 0.1) is 15.8 Å². The van der Waals surface area contributed by atoms with Crippen molar-refractivity contribution in [2.75, 3.05) is 18.0 Å². The van der Waals surface area contributed by atoms with E-state index in [4.69, 9.17) is 0 Å². The minimum atomic E-state index is -3.34. The molecule has 8 heteroatoms. The quantitative estimate of drug-likeness (QED) is 0.565. The molecule has 0 saturated carbocycles. The molecule has 0 bridgehead atoms. The molecule has 0 unspecified atom stereocenters. The first-order chi connectivity index (χ1) is 14.3. The number of rotatable bonds is 5. The summed E-state index contributed by atoms with van der Waals surface area (Å²) in [5.74, 6) is -1.20. The standard InChI is InChI=1S/C22H22F2N2O2S2/c1-15-2-4-20(5-3-15)30(27,28)21-6-8-26(9-7-21)22-25-19(14-29-22)12-16-10-17(23)13-18(24)11-16/h2-5,10-11,13-14,21H,6-9,12H2,1H3. The molecule has 0 radical (unpaired) electrons. The summed E-state index contributed by atoms with van der Waals surface area (Å²) < 4.78 is 52.6. The van der Waals surface area contributed by atoms with E-state index in [0.717, 1.165) is 22.5 Å². The number of thiazole rings is 1. The average molecular weight is 449 g/mol. The number of hydrogen-bond donors (Lipinski definition) is 0. The molecule has 4 rings (SSSR count). The summed E-state index contributed by atoms with van der Waals surface area (Å²) in [6.07, 6.45) is 1.43. The van der Waals surface area contributed by atoms with E-state index in [-0.39, 0.29) is 0 Å². The lowest BCUT2D eigenvalue weighted by atomic mass is 10.1. The molecule has 1 fully saturated rings. The van der Waals surface area contributed by atoms with Crippen LogP contribution in [0.4, 0.5) is 13.9 Å². The molecule has 0 amide bonds. The molecular formula is C22H22F2N2O2S2. The predicted molar refractivity (Wildman–Crippen MR) is 115 cm³/mol. The highest BCUT2D eigenvalue weighted by Gasteiger charge is 2.32. The monoisotopic (exact) mass is 448 g/mol. The topological polar surface area (TPSA) is 50.3 Å². The van der Waals surface area contributed by atoms with Crippen molar-refractivity contribution in [2.24, 2.45) is 0 Å². The number of hydrogen-bond acceptors (Lipinski definition) is 5. The number of aromatic nitrogens is 1. The molecule has 30 heavy (non-hydrogen) atoms. The summed E-state index contributed by atoms with van der Waals surface area (Å²) >= 11 is 1.47. The average Bonchev–Trinajstić information content (AvgIpc) is 3.16. The largest absolute Gasteiger partial charge is 0.348 e. The molecule has 0 N–H and O–H groups in total. The van der Waals surface area contributed by atoms with E-state index < -0.39 is 26.7 Å². The molecule has 0 spiro atoms. The van der Waals surface area contributed by atoms with Crippen LogP contribution in [0.15, 0.2) is 52.7 Å². The van der Waals surface area contributed by atoms with Crippen molar-refractivity contribution in [1.29, 1.82) is 0 Å². The number of anilines is 1. The zero-order valence-electron chi connectivity index (χ0n) is 16.5. The van der Waals surface area contributed by atoms with E-state index in [1.54, 1.807) is 12.1 Å². The molecule has 0 aliphatic carbocycles. The minimum absolute atomic E-state index is 0.351. The van der Waals surface area contributed by atoms with Crippen LogP contribution in [0.1, 0.15) is 29.7 Å². The maximum absolute atomic E-state index is 13.4. The van der Waals surface area contributed by atoms with Crippen LogP contribution in [0.2, 0.25) is 0 Å². The Hall–Kier alpha value is -2.32. The second-order valence-electron chi connectivity index (χ2n) is 7.62. The fraction of sp³-hybridized carbons (Fsp3) is 0.318. The van der Waals surface area contributed by atoms with Crippen molar-refractivity contribution in [2.45, 2.75) is 36.3 Å². The summed E-state index contributed by atoms with van der Waals surface area (Å²) in [6.45, 7) is 3.15. The number of benzene rings is 2. The van der Waals surface area contributed by atoms with Gasteiger partial charge in [-0.25, -0.2) is 22.2 Å². The number of aryl methyl sites for hydroxylation is 1. The first-order valence-electron chi connectivity index (χ1n) is 9.76. The Morgan fingerprint density at radius 2 is 1.70 bits per heavy atom. The number of nitrogens with zero attached hydrogens (tertiary/aromatic N) is 2. The van der Waals surface area contributed by atoms with Crippen molar-refractivity contribution in [3.05, 3.63) is 76.3 Å². The summed E-state index contributed by atoms with van der Waals surface area (Å²) in [4.78, 5) is 7.06. The highest BCUT2D eigenvalue weighted by Crippen LogP contribution is 2.29. The first kappa shape index (κ1) is 20.9. The maximum Gasteiger partial charge on any atom is 0.185 e. The molecule has 2 aromatic carbocycles. The summed E-state index contributed by atoms with van der Waals surface area (Å²) in [7, 11) is -3.34. The lowest BCUT2D eigenvalue weighted by Crippen LogP contribution is -2.39. The molecule has 2 heterocycles. The number of sulfone groups is 1. The van der Waals surface area contributed by atoms with Crippen LogP contribution in [0.3, 0.4) is 0 Å². The predicted octanol–water partition coefficient (Wildman–Crippen LogP) is 4.76. The van der Waals surface area contributed by atoms with Crippen LogP contribution in [0.5, 0.6) is 0 Å². The summed E-state index contributed by atoms with van der Waals surface area (Å²) in [6, 6.07) is 10.5. The van der Waals surface area contributed by atoms with Gasteiger partial charge in [0.1, 0.15) is 11.6 Å². The van der Waals surface area contributed by atoms with Crippen molar-refractivity contribution in [3.8, 4) is 0 Å². The third kappa shape index (κ3) is 4.54. The molecule has 1 aromatic heterocycles. The highest BCUT2D eigenvalue weighted by atomic mass is 32.2. The Morgan fingerprint density at radius 3 is 2.33 bits per heavy atom. The van der Waals surface area contributed by atoms with Gasteiger partial charge in [0, 0.05) is 31.0 Å². The smallest absolute Gasteiger partial charge is 0.185 e. The Kier molecular flexibility index (Phi) is 5.88. The second kappa shape index (κ2) is 8.43. The van der Waals surface area contributed by atoms with Crippen LogP contribution in [0, 0.1) is 18.6 Å². The summed E-state index contributed by atoms with van der Waals surface area (Å²) in [5.41, 5.74) is 2.31. The van der Waals surface area contributed by atoms with Crippen molar-refractivity contribution >= 4 is 26.3 Å². The van der Waals surface area contributed by atoms with E-state index in [9.17, 15) is 17.2 Å². The van der Waals surface area contributed by atoms with Gasteiger partial charge in [0.25, 0.3) is 0 Å². The Labute approximate surface area is 179 Å². The first-order valence-corrected chi connectivity index (χ1v) is 12.2. The Morgan fingerprint density at radius 1 is 1.07 bits per heavy atom. The van der Waals surface area contributed by atoms with Crippen LogP contribution in [-0.4, -0.2) is 31.7 Å². The van der Waals surface area contributed by atoms with Gasteiger partial charge in [-0.05, 0) is 49.6 Å². The molecule has 4 nitrogen and oxygen atoms in total. The van der Waals surface area contributed by atoms with Gasteiger partial charge in [0.2, 0.25) is 0 Å². The van der Waals surface area contributed by atoms with Crippen LogP contribution in [-0.2, 0) is 16.3 Å². The highest BCUT2D eigenvalue weighted by molar-refractivity contribution is 7.92. The SMILES string of the molecule is Cc1ccc(S(=O)(=O)C2CCN(c3nc(Cc4cc(F)cc(F)c4)cs3)CC2)cc1. The molecule has 1 saturated heterocycles. The van der Waals surface area contributed by atoms with Crippen LogP contribution < -0.4 is 4.90 Å². The minimum Gasteiger partial charge on any atom is -0.348 e. The number of halogens is 2. The third-order valence-electron chi connectivity index (χ3n) is 5.35. The van der Waals surface area contributed by atoms with Crippen molar-refractivity contribution < 1.29 is 17.2 Å². The zero-order chi connectivity index (χ0) is 21.3. The van der Waals surface area contributed by atoms with Gasteiger partial charge in [-0.1, -0.05) is 17.7 Å². The van der Waals surface area contributed by atoms with Gasteiger partial charge in [0.15, 0.2) is 15.0 Å². The van der Waals surface area contributed by atoms with Crippen molar-refractivity contribution in [3.63, 3.8) is 0 Å². The van der Waals surface area contributed by atoms with Crippen molar-refractivity contribution in [1.82, 2.24) is 4.98 Å². The van der Waals surface area contributed by atoms with E-state index in [1.165, 1.54) is 23.5 Å². The molecule has 3 aromatic rings. The normalized spacial score (nSPS) is 15.5. The fourth-order valence-electron chi connectivity index (χ4n) is 3.72. The van der Waals surface area contributed by atoms with Gasteiger partial charge >= 0.3 is 0 Å². The van der Waals surface area contributed by atoms with E-state index >= 15 is 0 Å². The Bertz CT molecular complexity index is 1120. The lowest BCUT2D eigenvalue weighted by Gasteiger charge is -2.31. The fourth-order valence-corrected chi connectivity index (χ4v) is 6.33. The van der Waals surface area contributed by atoms with E-state index in [0.29, 0.717) is 42.8 Å². The van der Waals surface area contributed by atoms with Gasteiger partial charge < -0.3 is 4.90 Å². The molecule has 158 valence electrons. The molecule has 1 aliphatic heterocycles. The molecular weight excluding hydrogens is 426 g/mol. The lowest BCUT2D eigenvalue weighted by molar-refractivity contribution is 0.529. The van der Waals surface area contributed by atoms with E-state index in [1.807, 2.05) is 24.4 Å². The summed E-state index contributed by atoms with van der Waals surface area (Å²) in [5, 5.41) is 2.30. The maximum atomic E-state index is 13.4. The Balaban J connectivity index is 1.40.